The van der Waals surface area contributed by atoms with Crippen LogP contribution in [0.4, 0.5) is 5.69 Å². The third-order valence-electron chi connectivity index (χ3n) is 3.10. The Morgan fingerprint density at radius 3 is 2.44 bits per heavy atom. The number of aromatic nitrogens is 2. The summed E-state index contributed by atoms with van der Waals surface area (Å²) in [4.78, 5) is 0. The first-order valence-corrected chi connectivity index (χ1v) is 6.50. The first-order valence-electron chi connectivity index (χ1n) is 6.12. The zero-order valence-electron chi connectivity index (χ0n) is 11.0. The van der Waals surface area contributed by atoms with Crippen molar-refractivity contribution in [3.63, 3.8) is 0 Å². The maximum atomic E-state index is 6.19. The van der Waals surface area contributed by atoms with Crippen molar-refractivity contribution in [3.8, 4) is 0 Å². The monoisotopic (exact) mass is 263 g/mol. The molecule has 0 saturated heterocycles. The van der Waals surface area contributed by atoms with E-state index in [4.69, 9.17) is 11.6 Å². The molecule has 0 fully saturated rings. The number of aryl methyl sites for hydroxylation is 3. The van der Waals surface area contributed by atoms with E-state index in [1.54, 1.807) is 4.68 Å². The van der Waals surface area contributed by atoms with E-state index in [9.17, 15) is 0 Å². The molecule has 0 aliphatic carbocycles. The molecule has 1 aromatic heterocycles. The minimum Gasteiger partial charge on any atom is -0.381 e. The normalized spacial score (nSPS) is 10.7. The van der Waals surface area contributed by atoms with Gasteiger partial charge >= 0.3 is 0 Å². The molecule has 1 heterocycles. The van der Waals surface area contributed by atoms with Crippen LogP contribution < -0.4 is 5.32 Å². The van der Waals surface area contributed by atoms with Gasteiger partial charge in [-0.15, -0.1) is 0 Å². The van der Waals surface area contributed by atoms with E-state index in [0.717, 1.165) is 23.4 Å². The van der Waals surface area contributed by atoms with Gasteiger partial charge < -0.3 is 5.32 Å². The van der Waals surface area contributed by atoms with E-state index in [-0.39, 0.29) is 0 Å². The van der Waals surface area contributed by atoms with Gasteiger partial charge in [0.15, 0.2) is 0 Å². The summed E-state index contributed by atoms with van der Waals surface area (Å²) in [7, 11) is 1.86. The van der Waals surface area contributed by atoms with Crippen molar-refractivity contribution >= 4 is 17.3 Å². The van der Waals surface area contributed by atoms with Crippen LogP contribution in [0.1, 0.15) is 23.7 Å². The molecule has 2 aromatic rings. The van der Waals surface area contributed by atoms with Crippen molar-refractivity contribution in [2.45, 2.75) is 26.8 Å². The largest absolute Gasteiger partial charge is 0.381 e. The lowest BCUT2D eigenvalue weighted by atomic mass is 10.1. The van der Waals surface area contributed by atoms with Crippen LogP contribution in [0, 0.1) is 6.92 Å². The highest BCUT2D eigenvalue weighted by molar-refractivity contribution is 6.30. The Balaban J connectivity index is 2.06. The molecule has 0 spiro atoms. The molecule has 0 aliphatic heterocycles. The van der Waals surface area contributed by atoms with Crippen LogP contribution in [0.2, 0.25) is 5.15 Å². The van der Waals surface area contributed by atoms with Gasteiger partial charge in [-0.05, 0) is 31.0 Å². The first kappa shape index (κ1) is 13.0. The molecule has 0 aliphatic rings. The van der Waals surface area contributed by atoms with Crippen LogP contribution >= 0.6 is 11.6 Å². The number of hydrogen-bond donors (Lipinski definition) is 1. The van der Waals surface area contributed by atoms with E-state index in [0.29, 0.717) is 11.7 Å². The minimum absolute atomic E-state index is 0.698. The van der Waals surface area contributed by atoms with Gasteiger partial charge in [-0.25, -0.2) is 0 Å². The molecule has 96 valence electrons. The molecule has 1 aromatic carbocycles. The Bertz CT molecular complexity index is 529. The molecular weight excluding hydrogens is 246 g/mol. The minimum atomic E-state index is 0.698. The summed E-state index contributed by atoms with van der Waals surface area (Å²) in [5.41, 5.74) is 4.47. The molecule has 0 radical (unpaired) electrons. The number of anilines is 1. The molecule has 2 rings (SSSR count). The van der Waals surface area contributed by atoms with Gasteiger partial charge in [-0.1, -0.05) is 30.7 Å². The Morgan fingerprint density at radius 1 is 1.28 bits per heavy atom. The second-order valence-electron chi connectivity index (χ2n) is 4.38. The maximum absolute atomic E-state index is 6.19. The second-order valence-corrected chi connectivity index (χ2v) is 4.74. The molecule has 0 bridgehead atoms. The maximum Gasteiger partial charge on any atom is 0.131 e. The van der Waals surface area contributed by atoms with Gasteiger partial charge in [-0.3, -0.25) is 4.68 Å². The molecule has 0 unspecified atom stereocenters. The van der Waals surface area contributed by atoms with Crippen molar-refractivity contribution in [1.29, 1.82) is 0 Å². The Hall–Kier alpha value is -1.48. The summed E-state index contributed by atoms with van der Waals surface area (Å²) in [6.45, 7) is 4.83. The third kappa shape index (κ3) is 2.67. The SMILES string of the molecule is CCc1ccc(NCc2c(C)nn(C)c2Cl)cc1. The highest BCUT2D eigenvalue weighted by Crippen LogP contribution is 2.20. The lowest BCUT2D eigenvalue weighted by Crippen LogP contribution is -2.00. The average molecular weight is 264 g/mol. The van der Waals surface area contributed by atoms with Gasteiger partial charge in [0.2, 0.25) is 0 Å². The van der Waals surface area contributed by atoms with E-state index < -0.39 is 0 Å². The van der Waals surface area contributed by atoms with Crippen molar-refractivity contribution in [2.75, 3.05) is 5.32 Å². The van der Waals surface area contributed by atoms with Crippen LogP contribution in [-0.2, 0) is 20.0 Å². The number of nitrogens with one attached hydrogen (secondary N) is 1. The summed E-state index contributed by atoms with van der Waals surface area (Å²) in [6.07, 6.45) is 1.06. The summed E-state index contributed by atoms with van der Waals surface area (Å²) in [5.74, 6) is 0. The topological polar surface area (TPSA) is 29.9 Å². The molecule has 0 amide bonds. The van der Waals surface area contributed by atoms with E-state index in [1.165, 1.54) is 5.56 Å². The van der Waals surface area contributed by atoms with Gasteiger partial charge in [-0.2, -0.15) is 5.10 Å². The Labute approximate surface area is 113 Å². The third-order valence-corrected chi connectivity index (χ3v) is 3.57. The van der Waals surface area contributed by atoms with E-state index in [1.807, 2.05) is 14.0 Å². The van der Waals surface area contributed by atoms with Crippen LogP contribution in [-0.4, -0.2) is 9.78 Å². The Morgan fingerprint density at radius 2 is 1.94 bits per heavy atom. The number of hydrogen-bond acceptors (Lipinski definition) is 2. The van der Waals surface area contributed by atoms with Gasteiger partial charge in [0.25, 0.3) is 0 Å². The fourth-order valence-electron chi connectivity index (χ4n) is 1.92. The summed E-state index contributed by atoms with van der Waals surface area (Å²) in [6, 6.07) is 8.47. The zero-order valence-corrected chi connectivity index (χ0v) is 11.8. The molecule has 3 nitrogen and oxygen atoms in total. The van der Waals surface area contributed by atoms with Gasteiger partial charge in [0.1, 0.15) is 5.15 Å². The number of benzene rings is 1. The van der Waals surface area contributed by atoms with E-state index >= 15 is 0 Å². The first-order chi connectivity index (χ1) is 8.61. The number of nitrogens with zero attached hydrogens (tertiary/aromatic N) is 2. The molecule has 4 heteroatoms. The predicted octanol–water partition coefficient (Wildman–Crippen LogP) is 3.56. The van der Waals surface area contributed by atoms with Crippen LogP contribution in [0.15, 0.2) is 24.3 Å². The molecule has 0 saturated carbocycles. The van der Waals surface area contributed by atoms with Gasteiger partial charge in [0, 0.05) is 24.8 Å². The Kier molecular flexibility index (Phi) is 3.92. The molecule has 1 N–H and O–H groups in total. The fourth-order valence-corrected chi connectivity index (χ4v) is 2.16. The summed E-state index contributed by atoms with van der Waals surface area (Å²) >= 11 is 6.19. The molecular formula is C14H18ClN3. The summed E-state index contributed by atoms with van der Waals surface area (Å²) < 4.78 is 1.70. The molecule has 18 heavy (non-hydrogen) atoms. The average Bonchev–Trinajstić information content (AvgIpc) is 2.62. The highest BCUT2D eigenvalue weighted by Gasteiger charge is 2.10. The van der Waals surface area contributed by atoms with Crippen LogP contribution in [0.5, 0.6) is 0 Å². The van der Waals surface area contributed by atoms with E-state index in [2.05, 4.69) is 41.6 Å². The smallest absolute Gasteiger partial charge is 0.131 e. The van der Waals surface area contributed by atoms with Gasteiger partial charge in [0.05, 0.1) is 5.69 Å². The molecule has 0 atom stereocenters. The van der Waals surface area contributed by atoms with Crippen LogP contribution in [0.25, 0.3) is 0 Å². The number of rotatable bonds is 4. The van der Waals surface area contributed by atoms with Crippen molar-refractivity contribution in [2.24, 2.45) is 7.05 Å². The fraction of sp³-hybridized carbons (Fsp3) is 0.357. The number of halogens is 1. The zero-order chi connectivity index (χ0) is 13.1. The quantitative estimate of drug-likeness (QED) is 0.914. The van der Waals surface area contributed by atoms with Crippen LogP contribution in [0.3, 0.4) is 0 Å². The van der Waals surface area contributed by atoms with Crippen molar-refractivity contribution in [3.05, 3.63) is 46.2 Å². The second kappa shape index (κ2) is 5.44. The summed E-state index contributed by atoms with van der Waals surface area (Å²) in [5, 5.41) is 8.36. The van der Waals surface area contributed by atoms with Crippen molar-refractivity contribution < 1.29 is 0 Å². The van der Waals surface area contributed by atoms with Crippen molar-refractivity contribution in [1.82, 2.24) is 9.78 Å². The highest BCUT2D eigenvalue weighted by atomic mass is 35.5. The lowest BCUT2D eigenvalue weighted by Gasteiger charge is -2.07. The predicted molar refractivity (Wildman–Crippen MR) is 76.1 cm³/mol. The standard InChI is InChI=1S/C14H18ClN3/c1-4-11-5-7-12(8-6-11)16-9-13-10(2)17-18(3)14(13)15/h5-8,16H,4,9H2,1-3H3. The lowest BCUT2D eigenvalue weighted by molar-refractivity contribution is 0.757.